The first kappa shape index (κ1) is 16.2. The van der Waals surface area contributed by atoms with Crippen molar-refractivity contribution in [1.82, 2.24) is 10.2 Å². The minimum atomic E-state index is 0.0779. The molecule has 1 aliphatic rings. The Labute approximate surface area is 136 Å². The van der Waals surface area contributed by atoms with Crippen LogP contribution in [0.3, 0.4) is 0 Å². The summed E-state index contributed by atoms with van der Waals surface area (Å²) in [5, 5.41) is 2.88. The average Bonchev–Trinajstić information content (AvgIpc) is 2.75. The van der Waals surface area contributed by atoms with Gasteiger partial charge in [0.2, 0.25) is 5.91 Å². The van der Waals surface area contributed by atoms with Gasteiger partial charge in [0.05, 0.1) is 5.92 Å². The Hall–Kier alpha value is -0.140. The first-order chi connectivity index (χ1) is 9.60. The van der Waals surface area contributed by atoms with E-state index in [1.54, 1.807) is 11.3 Å². The van der Waals surface area contributed by atoms with Crippen LogP contribution in [0, 0.1) is 5.92 Å². The summed E-state index contributed by atoms with van der Waals surface area (Å²) in [4.78, 5) is 15.5. The van der Waals surface area contributed by atoms with Crippen LogP contribution in [0.5, 0.6) is 0 Å². The lowest BCUT2D eigenvalue weighted by Crippen LogP contribution is -2.43. The first-order valence-electron chi connectivity index (χ1n) is 6.74. The fourth-order valence-electron chi connectivity index (χ4n) is 2.44. The van der Waals surface area contributed by atoms with E-state index in [1.807, 2.05) is 0 Å². The Morgan fingerprint density at radius 1 is 1.65 bits per heavy atom. The highest BCUT2D eigenvalue weighted by molar-refractivity contribution is 9.10. The molecular weight excluding hydrogens is 362 g/mol. The maximum absolute atomic E-state index is 12.0. The molecule has 1 unspecified atom stereocenters. The van der Waals surface area contributed by atoms with E-state index in [0.29, 0.717) is 13.1 Å². The lowest BCUT2D eigenvalue weighted by molar-refractivity contribution is -0.126. The fourth-order valence-corrected chi connectivity index (χ4v) is 4.28. The van der Waals surface area contributed by atoms with Gasteiger partial charge in [-0.3, -0.25) is 9.69 Å². The van der Waals surface area contributed by atoms with Crippen molar-refractivity contribution in [2.45, 2.75) is 19.4 Å². The monoisotopic (exact) mass is 379 g/mol. The highest BCUT2D eigenvalue weighted by Gasteiger charge is 2.25. The molecule has 1 atom stereocenters. The number of hydrogen-bond donors (Lipinski definition) is 2. The molecule has 1 saturated heterocycles. The predicted octanol–water partition coefficient (Wildman–Crippen LogP) is 2.45. The zero-order valence-electron chi connectivity index (χ0n) is 11.2. The molecule has 112 valence electrons. The third-order valence-corrected chi connectivity index (χ3v) is 5.85. The largest absolute Gasteiger partial charge is 0.355 e. The molecule has 20 heavy (non-hydrogen) atoms. The smallest absolute Gasteiger partial charge is 0.224 e. The number of amides is 1. The van der Waals surface area contributed by atoms with Crippen LogP contribution in [-0.2, 0) is 11.3 Å². The summed E-state index contributed by atoms with van der Waals surface area (Å²) in [5.41, 5.74) is 5.41. The van der Waals surface area contributed by atoms with Crippen LogP contribution in [0.25, 0.3) is 0 Å². The molecule has 1 aromatic rings. The molecule has 0 spiro atoms. The molecule has 1 amide bonds. The number of carbonyl (C=O) groups is 1. The van der Waals surface area contributed by atoms with Crippen LogP contribution in [0.4, 0.5) is 0 Å². The molecule has 7 heteroatoms. The van der Waals surface area contributed by atoms with Crippen LogP contribution in [0.2, 0.25) is 4.34 Å². The number of piperidine rings is 1. The topological polar surface area (TPSA) is 58.4 Å². The lowest BCUT2D eigenvalue weighted by atomic mass is 9.97. The summed E-state index contributed by atoms with van der Waals surface area (Å²) in [6.07, 6.45) is 2.02. The summed E-state index contributed by atoms with van der Waals surface area (Å²) in [6, 6.07) is 2.06. The highest BCUT2D eigenvalue weighted by Crippen LogP contribution is 2.33. The highest BCUT2D eigenvalue weighted by atomic mass is 79.9. The average molecular weight is 381 g/mol. The summed E-state index contributed by atoms with van der Waals surface area (Å²) < 4.78 is 1.74. The number of thiophene rings is 1. The van der Waals surface area contributed by atoms with Gasteiger partial charge in [0.25, 0.3) is 0 Å². The van der Waals surface area contributed by atoms with E-state index in [2.05, 4.69) is 32.2 Å². The summed E-state index contributed by atoms with van der Waals surface area (Å²) in [7, 11) is 0. The second-order valence-corrected chi connectivity index (χ2v) is 7.58. The number of halogens is 2. The van der Waals surface area contributed by atoms with E-state index in [-0.39, 0.29) is 11.8 Å². The number of hydrogen-bond acceptors (Lipinski definition) is 4. The maximum atomic E-state index is 12.0. The van der Waals surface area contributed by atoms with Crippen molar-refractivity contribution in [1.29, 1.82) is 0 Å². The summed E-state index contributed by atoms with van der Waals surface area (Å²) in [6.45, 7) is 3.75. The number of rotatable bonds is 5. The minimum absolute atomic E-state index is 0.0779. The van der Waals surface area contributed by atoms with E-state index in [4.69, 9.17) is 17.3 Å². The van der Waals surface area contributed by atoms with Crippen molar-refractivity contribution in [2.75, 3.05) is 26.2 Å². The van der Waals surface area contributed by atoms with Crippen LogP contribution in [0.15, 0.2) is 10.5 Å². The van der Waals surface area contributed by atoms with Crippen LogP contribution in [-0.4, -0.2) is 37.0 Å². The lowest BCUT2D eigenvalue weighted by Gasteiger charge is -2.31. The molecule has 1 aliphatic heterocycles. The maximum Gasteiger partial charge on any atom is 0.224 e. The van der Waals surface area contributed by atoms with Gasteiger partial charge < -0.3 is 11.1 Å². The zero-order chi connectivity index (χ0) is 14.5. The van der Waals surface area contributed by atoms with Crippen LogP contribution in [0.1, 0.15) is 17.7 Å². The van der Waals surface area contributed by atoms with Crippen LogP contribution < -0.4 is 11.1 Å². The molecule has 1 aromatic heterocycles. The van der Waals surface area contributed by atoms with Crippen molar-refractivity contribution >= 4 is 44.8 Å². The molecule has 3 N–H and O–H groups in total. The minimum Gasteiger partial charge on any atom is -0.355 e. The van der Waals surface area contributed by atoms with Gasteiger partial charge in [-0.15, -0.1) is 11.3 Å². The standard InChI is InChI=1S/C13H19BrClN3OS/c14-11-6-10(20-12(11)15)8-18-5-1-2-9(7-18)13(19)17-4-3-16/h6,9H,1-5,7-8,16H2,(H,17,19). The molecule has 0 saturated carbocycles. The number of nitrogens with zero attached hydrogens (tertiary/aromatic N) is 1. The van der Waals surface area contributed by atoms with E-state index >= 15 is 0 Å². The van der Waals surface area contributed by atoms with Crippen molar-refractivity contribution in [3.8, 4) is 0 Å². The van der Waals surface area contributed by atoms with E-state index in [9.17, 15) is 4.79 Å². The van der Waals surface area contributed by atoms with Crippen LogP contribution >= 0.6 is 38.9 Å². The zero-order valence-corrected chi connectivity index (χ0v) is 14.4. The third-order valence-electron chi connectivity index (χ3n) is 3.40. The number of nitrogens with one attached hydrogen (secondary N) is 1. The third kappa shape index (κ3) is 4.43. The van der Waals surface area contributed by atoms with Gasteiger partial charge in [0, 0.05) is 35.5 Å². The van der Waals surface area contributed by atoms with Gasteiger partial charge in [0.15, 0.2) is 0 Å². The molecule has 0 aromatic carbocycles. The van der Waals surface area contributed by atoms with Crippen molar-refractivity contribution < 1.29 is 4.79 Å². The van der Waals surface area contributed by atoms with Crippen molar-refractivity contribution in [3.63, 3.8) is 0 Å². The van der Waals surface area contributed by atoms with Gasteiger partial charge in [-0.1, -0.05) is 11.6 Å². The fraction of sp³-hybridized carbons (Fsp3) is 0.615. The quantitative estimate of drug-likeness (QED) is 0.825. The van der Waals surface area contributed by atoms with E-state index in [1.165, 1.54) is 4.88 Å². The van der Waals surface area contributed by atoms with Crippen molar-refractivity contribution in [3.05, 3.63) is 19.8 Å². The second-order valence-electron chi connectivity index (χ2n) is 4.99. The summed E-state index contributed by atoms with van der Waals surface area (Å²) in [5.74, 6) is 0.208. The molecule has 4 nitrogen and oxygen atoms in total. The number of likely N-dealkylation sites (tertiary alicyclic amines) is 1. The summed E-state index contributed by atoms with van der Waals surface area (Å²) >= 11 is 11.1. The van der Waals surface area contributed by atoms with Gasteiger partial charge in [-0.05, 0) is 41.4 Å². The Kier molecular flexibility index (Phi) is 6.29. The molecule has 2 rings (SSSR count). The van der Waals surface area contributed by atoms with Gasteiger partial charge in [0.1, 0.15) is 4.34 Å². The Balaban J connectivity index is 1.88. The molecule has 2 heterocycles. The molecule has 0 aliphatic carbocycles. The number of carbonyl (C=O) groups excluding carboxylic acids is 1. The van der Waals surface area contributed by atoms with Gasteiger partial charge >= 0.3 is 0 Å². The normalized spacial score (nSPS) is 20.1. The Morgan fingerprint density at radius 3 is 3.10 bits per heavy atom. The molecule has 0 bridgehead atoms. The van der Waals surface area contributed by atoms with Gasteiger partial charge in [-0.25, -0.2) is 0 Å². The van der Waals surface area contributed by atoms with Gasteiger partial charge in [-0.2, -0.15) is 0 Å². The molecular formula is C13H19BrClN3OS. The Morgan fingerprint density at radius 2 is 2.45 bits per heavy atom. The molecule has 0 radical (unpaired) electrons. The SMILES string of the molecule is NCCNC(=O)C1CCCN(Cc2cc(Br)c(Cl)s2)C1. The van der Waals surface area contributed by atoms with Crippen molar-refractivity contribution in [2.24, 2.45) is 11.7 Å². The Bertz CT molecular complexity index is 449. The predicted molar refractivity (Wildman–Crippen MR) is 87.1 cm³/mol. The molecule has 1 fully saturated rings. The second kappa shape index (κ2) is 7.75. The first-order valence-corrected chi connectivity index (χ1v) is 8.72. The van der Waals surface area contributed by atoms with E-state index < -0.39 is 0 Å². The number of nitrogens with two attached hydrogens (primary N) is 1. The van der Waals surface area contributed by atoms with E-state index in [0.717, 1.165) is 41.3 Å².